The van der Waals surface area contributed by atoms with Crippen molar-refractivity contribution >= 4 is 11.3 Å². The van der Waals surface area contributed by atoms with E-state index in [4.69, 9.17) is 5.11 Å². The number of hydrogen-bond acceptors (Lipinski definition) is 3. The van der Waals surface area contributed by atoms with Crippen LogP contribution in [0.25, 0.3) is 0 Å². The highest BCUT2D eigenvalue weighted by Crippen LogP contribution is 2.44. The van der Waals surface area contributed by atoms with Gasteiger partial charge in [-0.3, -0.25) is 0 Å². The largest absolute Gasteiger partial charge is 0.396 e. The van der Waals surface area contributed by atoms with Crippen molar-refractivity contribution in [2.24, 2.45) is 5.41 Å². The van der Waals surface area contributed by atoms with E-state index < -0.39 is 0 Å². The van der Waals surface area contributed by atoms with Crippen molar-refractivity contribution < 1.29 is 5.11 Å². The van der Waals surface area contributed by atoms with Crippen LogP contribution in [0.2, 0.25) is 0 Å². The lowest BCUT2D eigenvalue weighted by molar-refractivity contribution is 0.207. The molecule has 0 atom stereocenters. The number of rotatable bonds is 6. The van der Waals surface area contributed by atoms with E-state index in [0.717, 1.165) is 19.5 Å². The Bertz CT molecular complexity index is 317. The molecule has 3 heteroatoms. The Morgan fingerprint density at radius 2 is 2.13 bits per heavy atom. The minimum atomic E-state index is 0.227. The molecule has 0 saturated heterocycles. The molecule has 0 radical (unpaired) electrons. The van der Waals surface area contributed by atoms with Crippen LogP contribution in [-0.2, 0) is 13.0 Å². The van der Waals surface area contributed by atoms with Gasteiger partial charge in [0.05, 0.1) is 0 Å². The minimum absolute atomic E-state index is 0.227. The highest BCUT2D eigenvalue weighted by atomic mass is 32.1. The highest BCUT2D eigenvalue weighted by molar-refractivity contribution is 7.11. The number of nitrogens with one attached hydrogen (secondary N) is 1. The van der Waals surface area contributed by atoms with Gasteiger partial charge in [0.25, 0.3) is 0 Å². The second-order valence-corrected chi connectivity index (χ2v) is 5.74. The van der Waals surface area contributed by atoms with Crippen molar-refractivity contribution in [2.75, 3.05) is 13.2 Å². The van der Waals surface area contributed by atoms with Crippen molar-refractivity contribution in [1.29, 1.82) is 0 Å². The van der Waals surface area contributed by atoms with Crippen LogP contribution in [0, 0.1) is 5.41 Å². The van der Waals surface area contributed by atoms with Gasteiger partial charge in [0.1, 0.15) is 0 Å². The van der Waals surface area contributed by atoms with Crippen molar-refractivity contribution in [3.05, 3.63) is 21.9 Å². The molecule has 1 saturated carbocycles. The number of hydrogen-bond donors (Lipinski definition) is 2. The molecule has 1 aliphatic carbocycles. The van der Waals surface area contributed by atoms with E-state index >= 15 is 0 Å². The Balaban J connectivity index is 1.73. The molecule has 84 valence electrons. The molecule has 0 unspecified atom stereocenters. The molecule has 2 nitrogen and oxygen atoms in total. The quantitative estimate of drug-likeness (QED) is 0.777. The van der Waals surface area contributed by atoms with Gasteiger partial charge in [0.2, 0.25) is 0 Å². The molecule has 0 spiro atoms. The van der Waals surface area contributed by atoms with Gasteiger partial charge >= 0.3 is 0 Å². The van der Waals surface area contributed by atoms with Gasteiger partial charge in [-0.15, -0.1) is 11.3 Å². The van der Waals surface area contributed by atoms with E-state index in [-0.39, 0.29) is 5.41 Å². The summed E-state index contributed by atoms with van der Waals surface area (Å²) in [7, 11) is 0. The molecule has 0 aliphatic heterocycles. The summed E-state index contributed by atoms with van der Waals surface area (Å²) >= 11 is 1.89. The first kappa shape index (κ1) is 11.1. The Kier molecular flexibility index (Phi) is 3.44. The van der Waals surface area contributed by atoms with E-state index in [9.17, 15) is 0 Å². The molecule has 1 fully saturated rings. The first-order valence-corrected chi connectivity index (χ1v) is 6.49. The third-order valence-corrected chi connectivity index (χ3v) is 4.39. The van der Waals surface area contributed by atoms with Gasteiger partial charge in [-0.25, -0.2) is 0 Å². The molecule has 2 N–H and O–H groups in total. The molecule has 1 aromatic rings. The fourth-order valence-corrected chi connectivity index (χ4v) is 2.65. The summed E-state index contributed by atoms with van der Waals surface area (Å²) in [5.74, 6) is 0. The van der Waals surface area contributed by atoms with Gasteiger partial charge in [0.15, 0.2) is 0 Å². The SMILES string of the molecule is CCc1ccc(CNCC2(CO)CC2)s1. The summed E-state index contributed by atoms with van der Waals surface area (Å²) in [4.78, 5) is 2.86. The number of aliphatic hydroxyl groups is 1. The molecule has 0 amide bonds. The molecule has 0 aromatic carbocycles. The summed E-state index contributed by atoms with van der Waals surface area (Å²) in [6.45, 7) is 4.44. The van der Waals surface area contributed by atoms with Crippen LogP contribution in [0.4, 0.5) is 0 Å². The molecule has 2 rings (SSSR count). The van der Waals surface area contributed by atoms with Crippen LogP contribution in [-0.4, -0.2) is 18.3 Å². The maximum absolute atomic E-state index is 9.16. The fourth-order valence-electron chi connectivity index (χ4n) is 1.73. The molecule has 1 aromatic heterocycles. The van der Waals surface area contributed by atoms with E-state index in [1.54, 1.807) is 0 Å². The minimum Gasteiger partial charge on any atom is -0.396 e. The summed E-state index contributed by atoms with van der Waals surface area (Å²) in [6, 6.07) is 4.41. The Morgan fingerprint density at radius 3 is 2.67 bits per heavy atom. The van der Waals surface area contributed by atoms with Crippen LogP contribution < -0.4 is 5.32 Å². The zero-order valence-corrected chi connectivity index (χ0v) is 10.1. The summed E-state index contributed by atoms with van der Waals surface area (Å²) < 4.78 is 0. The lowest BCUT2D eigenvalue weighted by Crippen LogP contribution is -2.25. The standard InChI is InChI=1S/C12H19NOS/c1-2-10-3-4-11(15-10)7-13-8-12(9-14)5-6-12/h3-4,13-14H,2,5-9H2,1H3. The highest BCUT2D eigenvalue weighted by Gasteiger charge is 2.41. The molecular formula is C12H19NOS. The second-order valence-electron chi connectivity index (χ2n) is 4.48. The van der Waals surface area contributed by atoms with Crippen LogP contribution >= 0.6 is 11.3 Å². The van der Waals surface area contributed by atoms with E-state index in [2.05, 4.69) is 24.4 Å². The summed E-state index contributed by atoms with van der Waals surface area (Å²) in [5.41, 5.74) is 0.227. The smallest absolute Gasteiger partial charge is 0.0499 e. The van der Waals surface area contributed by atoms with Crippen LogP contribution in [0.3, 0.4) is 0 Å². The topological polar surface area (TPSA) is 32.3 Å². The van der Waals surface area contributed by atoms with E-state index in [1.807, 2.05) is 11.3 Å². The van der Waals surface area contributed by atoms with Crippen molar-refractivity contribution in [1.82, 2.24) is 5.32 Å². The molecule has 0 bridgehead atoms. The van der Waals surface area contributed by atoms with Gasteiger partial charge < -0.3 is 10.4 Å². The van der Waals surface area contributed by atoms with Crippen molar-refractivity contribution in [3.63, 3.8) is 0 Å². The Morgan fingerprint density at radius 1 is 1.40 bits per heavy atom. The third kappa shape index (κ3) is 2.80. The maximum atomic E-state index is 9.16. The predicted molar refractivity (Wildman–Crippen MR) is 64.2 cm³/mol. The first-order valence-electron chi connectivity index (χ1n) is 5.67. The molecule has 1 heterocycles. The van der Waals surface area contributed by atoms with Gasteiger partial charge in [-0.2, -0.15) is 0 Å². The number of aliphatic hydroxyl groups excluding tert-OH is 1. The zero-order valence-electron chi connectivity index (χ0n) is 9.25. The zero-order chi connectivity index (χ0) is 10.7. The Hall–Kier alpha value is -0.380. The monoisotopic (exact) mass is 225 g/mol. The van der Waals surface area contributed by atoms with Gasteiger partial charge in [-0.1, -0.05) is 6.92 Å². The van der Waals surface area contributed by atoms with E-state index in [1.165, 1.54) is 22.6 Å². The average molecular weight is 225 g/mol. The van der Waals surface area contributed by atoms with Crippen LogP contribution in [0.15, 0.2) is 12.1 Å². The van der Waals surface area contributed by atoms with Crippen molar-refractivity contribution in [3.8, 4) is 0 Å². The van der Waals surface area contributed by atoms with Crippen LogP contribution in [0.1, 0.15) is 29.5 Å². The fraction of sp³-hybridized carbons (Fsp3) is 0.667. The lowest BCUT2D eigenvalue weighted by Gasteiger charge is -2.11. The third-order valence-electron chi connectivity index (χ3n) is 3.16. The van der Waals surface area contributed by atoms with E-state index in [0.29, 0.717) is 6.61 Å². The van der Waals surface area contributed by atoms with Gasteiger partial charge in [-0.05, 0) is 31.4 Å². The normalized spacial score (nSPS) is 18.0. The average Bonchev–Trinajstić information content (AvgIpc) is 2.89. The summed E-state index contributed by atoms with van der Waals surface area (Å²) in [5, 5.41) is 12.6. The molecule has 1 aliphatic rings. The summed E-state index contributed by atoms with van der Waals surface area (Å²) in [6.07, 6.45) is 3.49. The maximum Gasteiger partial charge on any atom is 0.0499 e. The molecule has 15 heavy (non-hydrogen) atoms. The van der Waals surface area contributed by atoms with Crippen molar-refractivity contribution in [2.45, 2.75) is 32.7 Å². The first-order chi connectivity index (χ1) is 7.28. The Labute approximate surface area is 95.3 Å². The van der Waals surface area contributed by atoms with Gasteiger partial charge in [0, 0.05) is 34.9 Å². The van der Waals surface area contributed by atoms with Crippen LogP contribution in [0.5, 0.6) is 0 Å². The predicted octanol–water partition coefficient (Wildman–Crippen LogP) is 2.17. The number of aryl methyl sites for hydroxylation is 1. The molecular weight excluding hydrogens is 206 g/mol. The second kappa shape index (κ2) is 4.64. The lowest BCUT2D eigenvalue weighted by atomic mass is 10.1. The number of thiophene rings is 1.